The van der Waals surface area contributed by atoms with Gasteiger partial charge in [-0.05, 0) is 44.4 Å². The number of hydrogen-bond donors (Lipinski definition) is 1. The SMILES string of the molecule is CC(C(=O)O)N1CCCC(CN2CCN(c3ccccn3)CC2)C1. The minimum Gasteiger partial charge on any atom is -0.480 e. The van der Waals surface area contributed by atoms with Crippen LogP contribution in [-0.2, 0) is 4.79 Å². The highest BCUT2D eigenvalue weighted by Gasteiger charge is 2.29. The van der Waals surface area contributed by atoms with Crippen LogP contribution in [0.15, 0.2) is 24.4 Å². The van der Waals surface area contributed by atoms with E-state index >= 15 is 0 Å². The zero-order valence-corrected chi connectivity index (χ0v) is 14.5. The van der Waals surface area contributed by atoms with Gasteiger partial charge in [0.25, 0.3) is 0 Å². The zero-order chi connectivity index (χ0) is 16.9. The van der Waals surface area contributed by atoms with Gasteiger partial charge in [0, 0.05) is 45.5 Å². The number of aromatic nitrogens is 1. The fourth-order valence-electron chi connectivity index (χ4n) is 3.82. The fourth-order valence-corrected chi connectivity index (χ4v) is 3.82. The maximum Gasteiger partial charge on any atom is 0.320 e. The molecule has 0 aliphatic carbocycles. The van der Waals surface area contributed by atoms with E-state index in [4.69, 9.17) is 0 Å². The Kier molecular flexibility index (Phi) is 5.68. The number of rotatable bonds is 5. The van der Waals surface area contributed by atoms with Gasteiger partial charge < -0.3 is 10.0 Å². The van der Waals surface area contributed by atoms with Gasteiger partial charge in [-0.3, -0.25) is 14.6 Å². The average Bonchev–Trinajstić information content (AvgIpc) is 2.62. The lowest BCUT2D eigenvalue weighted by Gasteiger charge is -2.40. The van der Waals surface area contributed by atoms with Crippen LogP contribution in [0.25, 0.3) is 0 Å². The second-order valence-electron chi connectivity index (χ2n) is 6.99. The number of piperidine rings is 1. The van der Waals surface area contributed by atoms with Crippen molar-refractivity contribution in [2.75, 3.05) is 50.7 Å². The Balaban J connectivity index is 1.46. The summed E-state index contributed by atoms with van der Waals surface area (Å²) in [7, 11) is 0. The molecule has 24 heavy (non-hydrogen) atoms. The monoisotopic (exact) mass is 332 g/mol. The largest absolute Gasteiger partial charge is 0.480 e. The highest BCUT2D eigenvalue weighted by atomic mass is 16.4. The van der Waals surface area contributed by atoms with Crippen LogP contribution in [-0.4, -0.2) is 77.7 Å². The van der Waals surface area contributed by atoms with Crippen LogP contribution in [0.5, 0.6) is 0 Å². The third-order valence-electron chi connectivity index (χ3n) is 5.32. The summed E-state index contributed by atoms with van der Waals surface area (Å²) in [5, 5.41) is 9.22. The van der Waals surface area contributed by atoms with Crippen LogP contribution in [0, 0.1) is 5.92 Å². The Morgan fingerprint density at radius 2 is 2.08 bits per heavy atom. The van der Waals surface area contributed by atoms with Crippen LogP contribution in [0.1, 0.15) is 19.8 Å². The lowest BCUT2D eigenvalue weighted by atomic mass is 9.96. The van der Waals surface area contributed by atoms with Crippen molar-refractivity contribution in [3.63, 3.8) is 0 Å². The smallest absolute Gasteiger partial charge is 0.320 e. The Morgan fingerprint density at radius 1 is 1.29 bits per heavy atom. The van der Waals surface area contributed by atoms with Crippen molar-refractivity contribution in [2.45, 2.75) is 25.8 Å². The third-order valence-corrected chi connectivity index (χ3v) is 5.32. The molecule has 2 atom stereocenters. The summed E-state index contributed by atoms with van der Waals surface area (Å²) < 4.78 is 0. The summed E-state index contributed by atoms with van der Waals surface area (Å²) in [6, 6.07) is 5.69. The molecule has 0 radical (unpaired) electrons. The van der Waals surface area contributed by atoms with E-state index in [2.05, 4.69) is 25.8 Å². The van der Waals surface area contributed by atoms with E-state index in [1.807, 2.05) is 18.3 Å². The van der Waals surface area contributed by atoms with Crippen molar-refractivity contribution < 1.29 is 9.90 Å². The fraction of sp³-hybridized carbons (Fsp3) is 0.667. The number of carbonyl (C=O) groups is 1. The molecule has 1 aromatic rings. The summed E-state index contributed by atoms with van der Waals surface area (Å²) in [4.78, 5) is 22.6. The molecule has 0 spiro atoms. The Hall–Kier alpha value is -1.66. The Labute approximate surface area is 144 Å². The van der Waals surface area contributed by atoms with Crippen LogP contribution < -0.4 is 4.90 Å². The molecule has 132 valence electrons. The van der Waals surface area contributed by atoms with Crippen molar-refractivity contribution >= 4 is 11.8 Å². The van der Waals surface area contributed by atoms with E-state index < -0.39 is 5.97 Å². The first kappa shape index (κ1) is 17.2. The lowest BCUT2D eigenvalue weighted by molar-refractivity contribution is -0.143. The quantitative estimate of drug-likeness (QED) is 0.879. The van der Waals surface area contributed by atoms with Gasteiger partial charge >= 0.3 is 5.97 Å². The van der Waals surface area contributed by atoms with Crippen LogP contribution >= 0.6 is 0 Å². The number of carboxylic acid groups (broad SMARTS) is 1. The van der Waals surface area contributed by atoms with Gasteiger partial charge in [0.1, 0.15) is 11.9 Å². The van der Waals surface area contributed by atoms with E-state index in [-0.39, 0.29) is 6.04 Å². The standard InChI is InChI=1S/C18H28N4O2/c1-15(18(23)24)22-8-4-5-16(14-22)13-20-9-11-21(12-10-20)17-6-2-3-7-19-17/h2-3,6-7,15-16H,4-5,8-14H2,1H3,(H,23,24). The summed E-state index contributed by atoms with van der Waals surface area (Å²) >= 11 is 0. The van der Waals surface area contributed by atoms with E-state index in [0.717, 1.165) is 58.1 Å². The summed E-state index contributed by atoms with van der Waals surface area (Å²) in [5.41, 5.74) is 0. The Bertz CT molecular complexity index is 531. The summed E-state index contributed by atoms with van der Waals surface area (Å²) in [6.07, 6.45) is 4.17. The molecule has 0 amide bonds. The van der Waals surface area contributed by atoms with Gasteiger partial charge in [0.2, 0.25) is 0 Å². The number of hydrogen-bond acceptors (Lipinski definition) is 5. The number of nitrogens with zero attached hydrogens (tertiary/aromatic N) is 4. The molecule has 2 aliphatic rings. The molecule has 3 heterocycles. The third kappa shape index (κ3) is 4.24. The molecule has 6 nitrogen and oxygen atoms in total. The average molecular weight is 332 g/mol. The number of anilines is 1. The zero-order valence-electron chi connectivity index (χ0n) is 14.5. The maximum atomic E-state index is 11.2. The maximum absolute atomic E-state index is 11.2. The minimum absolute atomic E-state index is 0.367. The molecule has 2 aliphatic heterocycles. The van der Waals surface area contributed by atoms with Crippen LogP contribution in [0.2, 0.25) is 0 Å². The molecule has 3 rings (SSSR count). The minimum atomic E-state index is -0.709. The highest BCUT2D eigenvalue weighted by Crippen LogP contribution is 2.21. The first-order chi connectivity index (χ1) is 11.6. The van der Waals surface area contributed by atoms with Crippen LogP contribution in [0.3, 0.4) is 0 Å². The summed E-state index contributed by atoms with van der Waals surface area (Å²) in [5.74, 6) is 0.942. The van der Waals surface area contributed by atoms with Gasteiger partial charge in [-0.25, -0.2) is 4.98 Å². The molecule has 1 N–H and O–H groups in total. The topological polar surface area (TPSA) is 59.9 Å². The summed E-state index contributed by atoms with van der Waals surface area (Å²) in [6.45, 7) is 8.85. The van der Waals surface area contributed by atoms with Gasteiger partial charge in [0.15, 0.2) is 0 Å². The molecule has 0 saturated carbocycles. The van der Waals surface area contributed by atoms with Gasteiger partial charge in [0.05, 0.1) is 0 Å². The number of carboxylic acids is 1. The normalized spacial score (nSPS) is 24.7. The molecule has 2 fully saturated rings. The number of likely N-dealkylation sites (tertiary alicyclic amines) is 1. The highest BCUT2D eigenvalue weighted by molar-refractivity contribution is 5.72. The Morgan fingerprint density at radius 3 is 2.75 bits per heavy atom. The second-order valence-corrected chi connectivity index (χ2v) is 6.99. The molecule has 1 aromatic heterocycles. The predicted molar refractivity (Wildman–Crippen MR) is 94.3 cm³/mol. The molecular weight excluding hydrogens is 304 g/mol. The van der Waals surface area contributed by atoms with E-state index in [9.17, 15) is 9.90 Å². The molecule has 2 unspecified atom stereocenters. The van der Waals surface area contributed by atoms with Crippen molar-refractivity contribution in [3.05, 3.63) is 24.4 Å². The lowest BCUT2D eigenvalue weighted by Crippen LogP contribution is -2.51. The van der Waals surface area contributed by atoms with Gasteiger partial charge in [-0.15, -0.1) is 0 Å². The van der Waals surface area contributed by atoms with Crippen molar-refractivity contribution in [1.29, 1.82) is 0 Å². The van der Waals surface area contributed by atoms with Crippen molar-refractivity contribution in [1.82, 2.24) is 14.8 Å². The van der Waals surface area contributed by atoms with Crippen molar-refractivity contribution in [3.8, 4) is 0 Å². The van der Waals surface area contributed by atoms with E-state index in [1.54, 1.807) is 6.92 Å². The van der Waals surface area contributed by atoms with E-state index in [1.165, 1.54) is 6.42 Å². The molecule has 6 heteroatoms. The first-order valence-corrected chi connectivity index (χ1v) is 8.98. The number of piperazine rings is 1. The molecule has 2 saturated heterocycles. The second kappa shape index (κ2) is 7.94. The molecule has 0 aromatic carbocycles. The predicted octanol–water partition coefficient (Wildman–Crippen LogP) is 1.39. The first-order valence-electron chi connectivity index (χ1n) is 8.98. The van der Waals surface area contributed by atoms with Crippen molar-refractivity contribution in [2.24, 2.45) is 5.92 Å². The molecule has 0 bridgehead atoms. The van der Waals surface area contributed by atoms with Gasteiger partial charge in [-0.2, -0.15) is 0 Å². The number of pyridine rings is 1. The van der Waals surface area contributed by atoms with Crippen LogP contribution in [0.4, 0.5) is 5.82 Å². The number of aliphatic carboxylic acids is 1. The molecular formula is C18H28N4O2. The van der Waals surface area contributed by atoms with Gasteiger partial charge in [-0.1, -0.05) is 6.07 Å². The van der Waals surface area contributed by atoms with E-state index in [0.29, 0.717) is 5.92 Å².